The lowest BCUT2D eigenvalue weighted by Gasteiger charge is -2.32. The highest BCUT2D eigenvalue weighted by atomic mass is 16.2. The van der Waals surface area contributed by atoms with Crippen molar-refractivity contribution in [2.24, 2.45) is 5.92 Å². The van der Waals surface area contributed by atoms with E-state index in [1.54, 1.807) is 24.3 Å². The summed E-state index contributed by atoms with van der Waals surface area (Å²) in [7, 11) is 0. The fraction of sp³-hybridized carbons (Fsp3) is 0.400. The minimum absolute atomic E-state index is 0.156. The van der Waals surface area contributed by atoms with Crippen LogP contribution in [0.5, 0.6) is 0 Å². The van der Waals surface area contributed by atoms with Crippen LogP contribution in [0.15, 0.2) is 48.5 Å². The van der Waals surface area contributed by atoms with Crippen LogP contribution in [0, 0.1) is 17.2 Å². The smallest absolute Gasteiger partial charge is 0.261 e. The molecule has 30 heavy (non-hydrogen) atoms. The van der Waals surface area contributed by atoms with Gasteiger partial charge in [-0.1, -0.05) is 24.3 Å². The third kappa shape index (κ3) is 4.44. The Hall–Kier alpha value is -2.97. The van der Waals surface area contributed by atoms with Crippen molar-refractivity contribution in [3.63, 3.8) is 0 Å². The maximum Gasteiger partial charge on any atom is 0.261 e. The Morgan fingerprint density at radius 2 is 1.57 bits per heavy atom. The predicted molar refractivity (Wildman–Crippen MR) is 115 cm³/mol. The fourth-order valence-electron chi connectivity index (χ4n) is 4.56. The quantitative estimate of drug-likeness (QED) is 0.522. The summed E-state index contributed by atoms with van der Waals surface area (Å²) in [6.45, 7) is 3.70. The van der Waals surface area contributed by atoms with Gasteiger partial charge >= 0.3 is 0 Å². The van der Waals surface area contributed by atoms with Gasteiger partial charge in [0.05, 0.1) is 22.8 Å². The Labute approximate surface area is 177 Å². The lowest BCUT2D eigenvalue weighted by atomic mass is 9.89. The standard InChI is InChI=1S/C25H27N3O2/c26-18-21-7-5-6-20(17-21)16-19-10-14-27(15-11-19)12-3-4-13-28-24(29)22-8-1-2-9-23(22)25(28)30/h1-2,5-9,17,19H,3-4,10-16H2. The van der Waals surface area contributed by atoms with E-state index in [2.05, 4.69) is 17.0 Å². The number of unbranched alkanes of at least 4 members (excludes halogenated alkanes) is 1. The summed E-state index contributed by atoms with van der Waals surface area (Å²) in [6, 6.07) is 17.2. The monoisotopic (exact) mass is 401 g/mol. The third-order valence-electron chi connectivity index (χ3n) is 6.27. The lowest BCUT2D eigenvalue weighted by Crippen LogP contribution is -2.35. The number of likely N-dealkylation sites (tertiary alicyclic amines) is 1. The van der Waals surface area contributed by atoms with E-state index in [4.69, 9.17) is 5.26 Å². The van der Waals surface area contributed by atoms with Crippen molar-refractivity contribution < 1.29 is 9.59 Å². The SMILES string of the molecule is N#Cc1cccc(CC2CCN(CCCCN3C(=O)c4ccccc4C3=O)CC2)c1. The van der Waals surface area contributed by atoms with Gasteiger partial charge in [-0.05, 0) is 87.5 Å². The summed E-state index contributed by atoms with van der Waals surface area (Å²) in [5, 5.41) is 9.05. The van der Waals surface area contributed by atoms with Gasteiger partial charge in [-0.15, -0.1) is 0 Å². The van der Waals surface area contributed by atoms with E-state index < -0.39 is 0 Å². The molecule has 0 radical (unpaired) electrons. The minimum atomic E-state index is -0.156. The number of fused-ring (bicyclic) bond motifs is 1. The predicted octanol–water partition coefficient (Wildman–Crippen LogP) is 3.89. The second-order valence-electron chi connectivity index (χ2n) is 8.32. The summed E-state index contributed by atoms with van der Waals surface area (Å²) in [4.78, 5) is 28.7. The van der Waals surface area contributed by atoms with Crippen molar-refractivity contribution in [2.75, 3.05) is 26.2 Å². The molecule has 0 spiro atoms. The zero-order valence-corrected chi connectivity index (χ0v) is 17.2. The van der Waals surface area contributed by atoms with Crippen molar-refractivity contribution in [1.82, 2.24) is 9.80 Å². The molecule has 2 heterocycles. The zero-order chi connectivity index (χ0) is 20.9. The third-order valence-corrected chi connectivity index (χ3v) is 6.27. The van der Waals surface area contributed by atoms with Crippen LogP contribution in [0.1, 0.15) is 57.5 Å². The number of carbonyl (C=O) groups excluding carboxylic acids is 2. The van der Waals surface area contributed by atoms with E-state index in [1.165, 1.54) is 23.3 Å². The zero-order valence-electron chi connectivity index (χ0n) is 17.2. The van der Waals surface area contributed by atoms with Crippen LogP contribution >= 0.6 is 0 Å². The van der Waals surface area contributed by atoms with Crippen molar-refractivity contribution in [2.45, 2.75) is 32.1 Å². The van der Waals surface area contributed by atoms with E-state index in [-0.39, 0.29) is 11.8 Å². The molecule has 0 atom stereocenters. The lowest BCUT2D eigenvalue weighted by molar-refractivity contribution is 0.0649. The number of nitrogens with zero attached hydrogens (tertiary/aromatic N) is 3. The molecule has 0 aliphatic carbocycles. The van der Waals surface area contributed by atoms with E-state index in [0.29, 0.717) is 23.6 Å². The van der Waals surface area contributed by atoms with Gasteiger partial charge in [0.1, 0.15) is 0 Å². The fourth-order valence-corrected chi connectivity index (χ4v) is 4.56. The Morgan fingerprint density at radius 1 is 0.900 bits per heavy atom. The van der Waals surface area contributed by atoms with Gasteiger partial charge < -0.3 is 4.90 Å². The van der Waals surface area contributed by atoms with Crippen LogP contribution in [0.3, 0.4) is 0 Å². The van der Waals surface area contributed by atoms with Crippen LogP contribution < -0.4 is 0 Å². The molecule has 2 aromatic rings. The highest BCUT2D eigenvalue weighted by Crippen LogP contribution is 2.24. The molecule has 154 valence electrons. The minimum Gasteiger partial charge on any atom is -0.303 e. The van der Waals surface area contributed by atoms with Crippen molar-refractivity contribution in [3.8, 4) is 6.07 Å². The Morgan fingerprint density at radius 3 is 2.23 bits per heavy atom. The van der Waals surface area contributed by atoms with Crippen molar-refractivity contribution in [3.05, 3.63) is 70.8 Å². The molecule has 2 aromatic carbocycles. The maximum atomic E-state index is 12.4. The molecule has 5 nitrogen and oxygen atoms in total. The highest BCUT2D eigenvalue weighted by Gasteiger charge is 2.34. The molecule has 5 heteroatoms. The van der Waals surface area contributed by atoms with Crippen LogP contribution in [-0.4, -0.2) is 47.8 Å². The summed E-state index contributed by atoms with van der Waals surface area (Å²) in [5.74, 6) is 0.363. The second-order valence-corrected chi connectivity index (χ2v) is 8.32. The van der Waals surface area contributed by atoms with Gasteiger partial charge in [-0.3, -0.25) is 14.5 Å². The van der Waals surface area contributed by atoms with Gasteiger partial charge in [-0.25, -0.2) is 0 Å². The van der Waals surface area contributed by atoms with Crippen LogP contribution in [0.25, 0.3) is 0 Å². The number of benzene rings is 2. The largest absolute Gasteiger partial charge is 0.303 e. The summed E-state index contributed by atoms with van der Waals surface area (Å²) in [5.41, 5.74) is 3.06. The van der Waals surface area contributed by atoms with E-state index >= 15 is 0 Å². The summed E-state index contributed by atoms with van der Waals surface area (Å²) >= 11 is 0. The summed E-state index contributed by atoms with van der Waals surface area (Å²) in [6.07, 6.45) is 5.22. The normalized spacial score (nSPS) is 17.2. The number of carbonyl (C=O) groups is 2. The number of nitriles is 1. The molecule has 1 saturated heterocycles. The molecule has 2 aliphatic heterocycles. The molecule has 0 N–H and O–H groups in total. The Bertz CT molecular complexity index is 935. The van der Waals surface area contributed by atoms with Gasteiger partial charge in [0.2, 0.25) is 0 Å². The molecular formula is C25H27N3O2. The maximum absolute atomic E-state index is 12.4. The Kier molecular flexibility index (Phi) is 6.25. The topological polar surface area (TPSA) is 64.4 Å². The van der Waals surface area contributed by atoms with Gasteiger partial charge in [0.15, 0.2) is 0 Å². The first-order chi connectivity index (χ1) is 14.7. The van der Waals surface area contributed by atoms with Crippen LogP contribution in [0.4, 0.5) is 0 Å². The first kappa shape index (κ1) is 20.3. The molecule has 0 saturated carbocycles. The van der Waals surface area contributed by atoms with Crippen molar-refractivity contribution >= 4 is 11.8 Å². The van der Waals surface area contributed by atoms with Crippen LogP contribution in [-0.2, 0) is 6.42 Å². The summed E-state index contributed by atoms with van der Waals surface area (Å²) < 4.78 is 0. The van der Waals surface area contributed by atoms with Gasteiger partial charge in [0.25, 0.3) is 11.8 Å². The number of hydrogen-bond donors (Lipinski definition) is 0. The Balaban J connectivity index is 1.17. The molecule has 0 aromatic heterocycles. The molecule has 0 bridgehead atoms. The number of imide groups is 1. The van der Waals surface area contributed by atoms with Crippen LogP contribution in [0.2, 0.25) is 0 Å². The molecule has 1 fully saturated rings. The van der Waals surface area contributed by atoms with E-state index in [9.17, 15) is 9.59 Å². The van der Waals surface area contributed by atoms with Crippen molar-refractivity contribution in [1.29, 1.82) is 5.26 Å². The van der Waals surface area contributed by atoms with E-state index in [0.717, 1.165) is 44.5 Å². The molecular weight excluding hydrogens is 374 g/mol. The second kappa shape index (κ2) is 9.23. The first-order valence-corrected chi connectivity index (χ1v) is 10.8. The number of amides is 2. The average Bonchev–Trinajstić information content (AvgIpc) is 3.03. The molecule has 2 aliphatic rings. The van der Waals surface area contributed by atoms with Gasteiger partial charge in [0, 0.05) is 6.54 Å². The number of hydrogen-bond acceptors (Lipinski definition) is 4. The average molecular weight is 402 g/mol. The first-order valence-electron chi connectivity index (χ1n) is 10.8. The molecule has 2 amide bonds. The van der Waals surface area contributed by atoms with E-state index in [1.807, 2.05) is 18.2 Å². The molecule has 4 rings (SSSR count). The number of piperidine rings is 1. The highest BCUT2D eigenvalue weighted by molar-refractivity contribution is 6.21. The van der Waals surface area contributed by atoms with Gasteiger partial charge in [-0.2, -0.15) is 5.26 Å². The number of rotatable bonds is 7. The molecule has 0 unspecified atom stereocenters.